The first-order chi connectivity index (χ1) is 13.1. The SMILES string of the molecule is CCCn1c(SCC(=O)NCc2ccc(C)cc2)nc2ccccc2c1=O. The first-order valence-electron chi connectivity index (χ1n) is 9.03. The number of aryl methyl sites for hydroxylation is 1. The molecule has 0 aliphatic carbocycles. The van der Waals surface area contributed by atoms with Gasteiger partial charge in [-0.05, 0) is 31.0 Å². The Morgan fingerprint density at radius 2 is 1.89 bits per heavy atom. The van der Waals surface area contributed by atoms with Gasteiger partial charge in [0.1, 0.15) is 0 Å². The van der Waals surface area contributed by atoms with Crippen LogP contribution in [0.25, 0.3) is 10.9 Å². The second kappa shape index (κ2) is 8.86. The molecule has 140 valence electrons. The molecule has 0 fully saturated rings. The van der Waals surface area contributed by atoms with Crippen molar-refractivity contribution >= 4 is 28.6 Å². The van der Waals surface area contributed by atoms with Crippen LogP contribution in [-0.4, -0.2) is 21.2 Å². The molecule has 0 unspecified atom stereocenters. The van der Waals surface area contributed by atoms with Crippen molar-refractivity contribution in [3.63, 3.8) is 0 Å². The van der Waals surface area contributed by atoms with Crippen LogP contribution in [0.4, 0.5) is 0 Å². The number of fused-ring (bicyclic) bond motifs is 1. The van der Waals surface area contributed by atoms with Crippen LogP contribution < -0.4 is 10.9 Å². The van der Waals surface area contributed by atoms with Gasteiger partial charge >= 0.3 is 0 Å². The third-order valence-electron chi connectivity index (χ3n) is 4.22. The Kier molecular flexibility index (Phi) is 6.29. The van der Waals surface area contributed by atoms with E-state index in [4.69, 9.17) is 0 Å². The van der Waals surface area contributed by atoms with Crippen LogP contribution in [0.2, 0.25) is 0 Å². The van der Waals surface area contributed by atoms with Crippen LogP contribution in [0.3, 0.4) is 0 Å². The highest BCUT2D eigenvalue weighted by Gasteiger charge is 2.12. The molecule has 6 heteroatoms. The molecule has 3 aromatic rings. The van der Waals surface area contributed by atoms with Gasteiger partial charge in [0.2, 0.25) is 5.91 Å². The van der Waals surface area contributed by atoms with Gasteiger partial charge in [-0.25, -0.2) is 4.98 Å². The number of para-hydroxylation sites is 1. The van der Waals surface area contributed by atoms with Gasteiger partial charge in [-0.1, -0.05) is 60.6 Å². The topological polar surface area (TPSA) is 64.0 Å². The van der Waals surface area contributed by atoms with Crippen molar-refractivity contribution in [3.05, 3.63) is 70.0 Å². The van der Waals surface area contributed by atoms with Crippen molar-refractivity contribution in [3.8, 4) is 0 Å². The number of carbonyl (C=O) groups is 1. The van der Waals surface area contributed by atoms with Gasteiger partial charge in [-0.3, -0.25) is 14.2 Å². The molecule has 1 N–H and O–H groups in total. The van der Waals surface area contributed by atoms with Crippen molar-refractivity contribution < 1.29 is 4.79 Å². The van der Waals surface area contributed by atoms with E-state index in [9.17, 15) is 9.59 Å². The number of rotatable bonds is 7. The predicted octanol–water partition coefficient (Wildman–Crippen LogP) is 3.52. The molecule has 3 rings (SSSR count). The average molecular weight is 382 g/mol. The van der Waals surface area contributed by atoms with Crippen LogP contribution in [0, 0.1) is 6.92 Å². The molecule has 0 atom stereocenters. The number of benzene rings is 2. The van der Waals surface area contributed by atoms with E-state index in [0.29, 0.717) is 29.1 Å². The van der Waals surface area contributed by atoms with Gasteiger partial charge in [0.05, 0.1) is 16.7 Å². The second-order valence-electron chi connectivity index (χ2n) is 6.42. The predicted molar refractivity (Wildman–Crippen MR) is 110 cm³/mol. The lowest BCUT2D eigenvalue weighted by Gasteiger charge is -2.12. The summed E-state index contributed by atoms with van der Waals surface area (Å²) in [5.41, 5.74) is 2.87. The normalized spacial score (nSPS) is 10.9. The molecule has 1 amide bonds. The number of thioether (sulfide) groups is 1. The van der Waals surface area contributed by atoms with E-state index in [1.54, 1.807) is 10.6 Å². The number of carbonyl (C=O) groups excluding carboxylic acids is 1. The summed E-state index contributed by atoms with van der Waals surface area (Å²) in [6.45, 7) is 5.13. The third kappa shape index (κ3) is 4.77. The van der Waals surface area contributed by atoms with Gasteiger partial charge in [0, 0.05) is 13.1 Å². The first kappa shape index (κ1) is 19.2. The monoisotopic (exact) mass is 381 g/mol. The molecule has 27 heavy (non-hydrogen) atoms. The van der Waals surface area contributed by atoms with E-state index in [1.165, 1.54) is 17.3 Å². The number of nitrogens with zero attached hydrogens (tertiary/aromatic N) is 2. The first-order valence-corrected chi connectivity index (χ1v) is 10.0. The van der Waals surface area contributed by atoms with E-state index in [0.717, 1.165) is 12.0 Å². The Bertz CT molecular complexity index is 996. The Morgan fingerprint density at radius 3 is 2.63 bits per heavy atom. The largest absolute Gasteiger partial charge is 0.351 e. The molecule has 0 saturated carbocycles. The van der Waals surface area contributed by atoms with E-state index in [2.05, 4.69) is 10.3 Å². The highest BCUT2D eigenvalue weighted by atomic mass is 32.2. The van der Waals surface area contributed by atoms with Crippen LogP contribution in [0.5, 0.6) is 0 Å². The fourth-order valence-electron chi connectivity index (χ4n) is 2.77. The van der Waals surface area contributed by atoms with E-state index < -0.39 is 0 Å². The van der Waals surface area contributed by atoms with Gasteiger partial charge in [-0.2, -0.15) is 0 Å². The lowest BCUT2D eigenvalue weighted by atomic mass is 10.1. The molecule has 1 heterocycles. The second-order valence-corrected chi connectivity index (χ2v) is 7.36. The Labute approximate surface area is 162 Å². The number of amides is 1. The van der Waals surface area contributed by atoms with Crippen molar-refractivity contribution in [1.29, 1.82) is 0 Å². The van der Waals surface area contributed by atoms with Crippen LogP contribution in [0.1, 0.15) is 24.5 Å². The van der Waals surface area contributed by atoms with Crippen molar-refractivity contribution in [2.24, 2.45) is 0 Å². The average Bonchev–Trinajstić information content (AvgIpc) is 2.68. The number of hydrogen-bond acceptors (Lipinski definition) is 4. The molecule has 0 radical (unpaired) electrons. The molecular formula is C21H23N3O2S. The van der Waals surface area contributed by atoms with E-state index in [-0.39, 0.29) is 17.2 Å². The smallest absolute Gasteiger partial charge is 0.262 e. The molecule has 0 spiro atoms. The molecule has 0 aliphatic heterocycles. The summed E-state index contributed by atoms with van der Waals surface area (Å²) in [7, 11) is 0. The fourth-order valence-corrected chi connectivity index (χ4v) is 3.62. The maximum atomic E-state index is 12.7. The lowest BCUT2D eigenvalue weighted by Crippen LogP contribution is -2.26. The summed E-state index contributed by atoms with van der Waals surface area (Å²) in [6.07, 6.45) is 0.826. The van der Waals surface area contributed by atoms with E-state index in [1.807, 2.05) is 56.3 Å². The van der Waals surface area contributed by atoms with E-state index >= 15 is 0 Å². The van der Waals surface area contributed by atoms with Crippen LogP contribution >= 0.6 is 11.8 Å². The molecule has 1 aromatic heterocycles. The van der Waals surface area contributed by atoms with Crippen LogP contribution in [0.15, 0.2) is 58.5 Å². The molecule has 0 saturated heterocycles. The standard InChI is InChI=1S/C21H23N3O2S/c1-3-12-24-20(26)17-6-4-5-7-18(17)23-21(24)27-14-19(25)22-13-16-10-8-15(2)9-11-16/h4-11H,3,12-14H2,1-2H3,(H,22,25). The highest BCUT2D eigenvalue weighted by molar-refractivity contribution is 7.99. The number of nitrogens with one attached hydrogen (secondary N) is 1. The van der Waals surface area contributed by atoms with Gasteiger partial charge in [-0.15, -0.1) is 0 Å². The molecule has 2 aromatic carbocycles. The highest BCUT2D eigenvalue weighted by Crippen LogP contribution is 2.18. The Hall–Kier alpha value is -2.60. The summed E-state index contributed by atoms with van der Waals surface area (Å²) in [5.74, 6) is 0.145. The zero-order chi connectivity index (χ0) is 19.2. The maximum Gasteiger partial charge on any atom is 0.262 e. The minimum atomic E-state index is -0.0777. The lowest BCUT2D eigenvalue weighted by molar-refractivity contribution is -0.118. The summed E-state index contributed by atoms with van der Waals surface area (Å²) in [5, 5.41) is 4.12. The quantitative estimate of drug-likeness (QED) is 0.502. The minimum Gasteiger partial charge on any atom is -0.351 e. The Morgan fingerprint density at radius 1 is 1.15 bits per heavy atom. The van der Waals surface area contributed by atoms with Crippen molar-refractivity contribution in [2.45, 2.75) is 38.5 Å². The van der Waals surface area contributed by atoms with Gasteiger partial charge < -0.3 is 5.32 Å². The fraction of sp³-hybridized carbons (Fsp3) is 0.286. The number of aromatic nitrogens is 2. The minimum absolute atomic E-state index is 0.0509. The zero-order valence-electron chi connectivity index (χ0n) is 15.6. The van der Waals surface area contributed by atoms with Gasteiger partial charge in [0.25, 0.3) is 5.56 Å². The van der Waals surface area contributed by atoms with Crippen molar-refractivity contribution in [1.82, 2.24) is 14.9 Å². The van der Waals surface area contributed by atoms with Crippen molar-refractivity contribution in [2.75, 3.05) is 5.75 Å². The molecule has 0 bridgehead atoms. The summed E-state index contributed by atoms with van der Waals surface area (Å²) < 4.78 is 1.67. The number of hydrogen-bond donors (Lipinski definition) is 1. The molecule has 0 aliphatic rings. The summed E-state index contributed by atoms with van der Waals surface area (Å²) in [6, 6.07) is 15.4. The molecule has 5 nitrogen and oxygen atoms in total. The maximum absolute atomic E-state index is 12.7. The van der Waals surface area contributed by atoms with Crippen LogP contribution in [-0.2, 0) is 17.9 Å². The molecular weight excluding hydrogens is 358 g/mol. The summed E-state index contributed by atoms with van der Waals surface area (Å²) >= 11 is 1.30. The Balaban J connectivity index is 1.70. The summed E-state index contributed by atoms with van der Waals surface area (Å²) in [4.78, 5) is 29.6. The van der Waals surface area contributed by atoms with Gasteiger partial charge in [0.15, 0.2) is 5.16 Å². The third-order valence-corrected chi connectivity index (χ3v) is 5.19. The zero-order valence-corrected chi connectivity index (χ0v) is 16.4.